The van der Waals surface area contributed by atoms with Gasteiger partial charge in [0, 0.05) is 22.8 Å². The van der Waals surface area contributed by atoms with Gasteiger partial charge in [0.25, 0.3) is 11.6 Å². The highest BCUT2D eigenvalue weighted by Crippen LogP contribution is 2.49. The van der Waals surface area contributed by atoms with Crippen LogP contribution in [0.15, 0.2) is 18.2 Å². The molecule has 1 heterocycles. The maximum Gasteiger partial charge on any atom is 0.459 e. The molecular weight excluding hydrogens is 439 g/mol. The lowest BCUT2D eigenvalue weighted by Crippen LogP contribution is -2.36. The summed E-state index contributed by atoms with van der Waals surface area (Å²) in [5.74, 6) is -10.7. The van der Waals surface area contributed by atoms with Crippen molar-refractivity contribution in [2.75, 3.05) is 12.4 Å². The van der Waals surface area contributed by atoms with Crippen LogP contribution in [-0.2, 0) is 19.1 Å². The van der Waals surface area contributed by atoms with Crippen molar-refractivity contribution in [1.82, 2.24) is 9.78 Å². The number of carbonyl (C=O) groups excluding carboxylic acids is 1. The molecule has 6 nitrogen and oxygen atoms in total. The number of amides is 1. The number of aromatic nitrogens is 2. The number of nitrogens with zero attached hydrogens (tertiary/aromatic N) is 3. The van der Waals surface area contributed by atoms with Crippen LogP contribution in [-0.4, -0.2) is 33.7 Å². The van der Waals surface area contributed by atoms with Gasteiger partial charge >= 0.3 is 18.3 Å². The van der Waals surface area contributed by atoms with Crippen LogP contribution in [0.25, 0.3) is 0 Å². The Labute approximate surface area is 160 Å². The lowest BCUT2D eigenvalue weighted by atomic mass is 10.1. The zero-order valence-corrected chi connectivity index (χ0v) is 14.8. The first-order valence-electron chi connectivity index (χ1n) is 7.60. The van der Waals surface area contributed by atoms with Gasteiger partial charge in [0.1, 0.15) is 11.4 Å². The predicted molar refractivity (Wildman–Crippen MR) is 81.7 cm³/mol. The summed E-state index contributed by atoms with van der Waals surface area (Å²) in [5, 5.41) is 4.02. The van der Waals surface area contributed by atoms with Crippen molar-refractivity contribution in [3.63, 3.8) is 0 Å². The van der Waals surface area contributed by atoms with Gasteiger partial charge in [-0.25, -0.2) is 0 Å². The van der Waals surface area contributed by atoms with Gasteiger partial charge in [-0.1, -0.05) is 6.07 Å². The van der Waals surface area contributed by atoms with Crippen LogP contribution in [0.4, 0.5) is 51.0 Å². The smallest absolute Gasteiger partial charge is 0.306 e. The Bertz CT molecular complexity index is 1010. The molecule has 0 spiro atoms. The SMILES string of the molecule is Cn1nc(C(F)(F)C(F)(F)F)c(C(F)(F)F)c1NC(=O)c1cccc([N+](C)=O)c1F. The van der Waals surface area contributed by atoms with Crippen molar-refractivity contribution >= 4 is 17.4 Å². The van der Waals surface area contributed by atoms with Crippen LogP contribution in [0.1, 0.15) is 21.6 Å². The first-order valence-corrected chi connectivity index (χ1v) is 7.60. The molecule has 0 fully saturated rings. The molecule has 1 aromatic carbocycles. The van der Waals surface area contributed by atoms with E-state index in [1.54, 1.807) is 0 Å². The number of aryl methyl sites for hydroxylation is 1. The molecule has 0 unspecified atom stereocenters. The van der Waals surface area contributed by atoms with Crippen molar-refractivity contribution in [2.45, 2.75) is 18.3 Å². The van der Waals surface area contributed by atoms with E-state index >= 15 is 0 Å². The molecule has 1 amide bonds. The second-order valence-electron chi connectivity index (χ2n) is 5.86. The molecule has 1 aromatic heterocycles. The van der Waals surface area contributed by atoms with Crippen molar-refractivity contribution in [3.8, 4) is 0 Å². The molecule has 0 bridgehead atoms. The van der Waals surface area contributed by atoms with Crippen molar-refractivity contribution in [2.24, 2.45) is 7.05 Å². The van der Waals surface area contributed by atoms with Crippen LogP contribution >= 0.6 is 0 Å². The Balaban J connectivity index is 2.63. The molecule has 15 heteroatoms. The monoisotopic (exact) mass is 449 g/mol. The standard InChI is InChI=1S/C15H9F9N4O2/c1-27-11(25-12(29)6-4-3-5-7(9(6)16)28(2)30)8(14(19,20)21)10(26-27)13(17,18)15(22,23)24/h3-5H,1-2H3/p+1. The summed E-state index contributed by atoms with van der Waals surface area (Å²) in [5.41, 5.74) is -6.88. The highest BCUT2D eigenvalue weighted by molar-refractivity contribution is 6.05. The largest absolute Gasteiger partial charge is 0.459 e. The first-order chi connectivity index (χ1) is 13.5. The second kappa shape index (κ2) is 7.28. The topological polar surface area (TPSA) is 67.0 Å². The molecule has 0 aliphatic carbocycles. The molecule has 0 atom stereocenters. The third-order valence-electron chi connectivity index (χ3n) is 3.78. The summed E-state index contributed by atoms with van der Waals surface area (Å²) in [4.78, 5) is 23.4. The molecule has 0 saturated carbocycles. The van der Waals surface area contributed by atoms with E-state index in [-0.39, 0.29) is 9.44 Å². The molecule has 0 radical (unpaired) electrons. The van der Waals surface area contributed by atoms with Crippen molar-refractivity contribution in [1.29, 1.82) is 0 Å². The minimum Gasteiger partial charge on any atom is -0.306 e. The van der Waals surface area contributed by atoms with Gasteiger partial charge in [-0.2, -0.15) is 44.6 Å². The number of halogens is 9. The van der Waals surface area contributed by atoms with E-state index < -0.39 is 58.3 Å². The number of carbonyl (C=O) groups is 1. The molecule has 0 aliphatic heterocycles. The molecule has 0 saturated heterocycles. The Kier molecular flexibility index (Phi) is 5.62. The number of hydrogen-bond donors (Lipinski definition) is 1. The molecular formula is C15H10F9N4O2+. The van der Waals surface area contributed by atoms with Crippen molar-refractivity contribution in [3.05, 3.63) is 45.7 Å². The average Bonchev–Trinajstić information content (AvgIpc) is 2.91. The zero-order chi connectivity index (χ0) is 23.2. The fourth-order valence-electron chi connectivity index (χ4n) is 2.40. The molecule has 164 valence electrons. The lowest BCUT2D eigenvalue weighted by molar-refractivity contribution is -0.430. The van der Waals surface area contributed by atoms with E-state index in [4.69, 9.17) is 0 Å². The van der Waals surface area contributed by atoms with Gasteiger partial charge < -0.3 is 5.32 Å². The fraction of sp³-hybridized carbons (Fsp3) is 0.333. The summed E-state index contributed by atoms with van der Waals surface area (Å²) in [6.07, 6.45) is -12.2. The minimum atomic E-state index is -6.41. The van der Waals surface area contributed by atoms with Crippen LogP contribution in [0, 0.1) is 10.7 Å². The maximum atomic E-state index is 14.2. The number of nitrogens with one attached hydrogen (secondary N) is 1. The summed E-state index contributed by atoms with van der Waals surface area (Å²) < 4.78 is 119. The zero-order valence-electron chi connectivity index (χ0n) is 14.8. The second-order valence-corrected chi connectivity index (χ2v) is 5.86. The highest BCUT2D eigenvalue weighted by Gasteiger charge is 2.64. The van der Waals surface area contributed by atoms with Crippen LogP contribution < -0.4 is 5.32 Å². The number of hydrogen-bond acceptors (Lipinski definition) is 3. The Morgan fingerprint density at radius 3 is 2.13 bits per heavy atom. The quantitative estimate of drug-likeness (QED) is 0.551. The Morgan fingerprint density at radius 1 is 1.10 bits per heavy atom. The van der Waals surface area contributed by atoms with Crippen molar-refractivity contribution < 1.29 is 49.1 Å². The average molecular weight is 449 g/mol. The number of rotatable bonds is 4. The van der Waals surface area contributed by atoms with Crippen LogP contribution in [0.3, 0.4) is 0 Å². The number of nitroso groups, excluding NO2 is 1. The predicted octanol–water partition coefficient (Wildman–Crippen LogP) is 4.52. The first kappa shape index (κ1) is 23.2. The third kappa shape index (κ3) is 3.95. The van der Waals surface area contributed by atoms with E-state index in [0.29, 0.717) is 7.05 Å². The van der Waals surface area contributed by atoms with Gasteiger partial charge in [-0.05, 0) is 6.07 Å². The lowest BCUT2D eigenvalue weighted by Gasteiger charge is -2.19. The summed E-state index contributed by atoms with van der Waals surface area (Å²) in [6, 6.07) is 2.69. The van der Waals surface area contributed by atoms with E-state index in [2.05, 4.69) is 5.10 Å². The van der Waals surface area contributed by atoms with Crippen LogP contribution in [0.2, 0.25) is 0 Å². The molecule has 1 N–H and O–H groups in total. The minimum absolute atomic E-state index is 0.000676. The van der Waals surface area contributed by atoms with E-state index in [9.17, 15) is 49.2 Å². The number of anilines is 1. The molecule has 2 aromatic rings. The van der Waals surface area contributed by atoms with E-state index in [0.717, 1.165) is 25.2 Å². The van der Waals surface area contributed by atoms with Gasteiger partial charge in [0.15, 0.2) is 12.7 Å². The van der Waals surface area contributed by atoms with E-state index in [1.807, 2.05) is 0 Å². The number of benzene rings is 1. The fourth-order valence-corrected chi connectivity index (χ4v) is 2.40. The third-order valence-corrected chi connectivity index (χ3v) is 3.78. The van der Waals surface area contributed by atoms with Crippen LogP contribution in [0.5, 0.6) is 0 Å². The molecule has 30 heavy (non-hydrogen) atoms. The maximum absolute atomic E-state index is 14.2. The summed E-state index contributed by atoms with van der Waals surface area (Å²) in [7, 11) is 1.42. The van der Waals surface area contributed by atoms with Gasteiger partial charge in [-0.3, -0.25) is 9.48 Å². The van der Waals surface area contributed by atoms with E-state index in [1.165, 1.54) is 5.32 Å². The summed E-state index contributed by atoms with van der Waals surface area (Å²) >= 11 is 0. The number of alkyl halides is 8. The Morgan fingerprint density at radius 2 is 1.67 bits per heavy atom. The van der Waals surface area contributed by atoms with Gasteiger partial charge in [-0.15, -0.1) is 0 Å². The molecule has 0 aliphatic rings. The molecule has 2 rings (SSSR count). The highest BCUT2D eigenvalue weighted by atomic mass is 19.4. The van der Waals surface area contributed by atoms with Gasteiger partial charge in [0.2, 0.25) is 5.82 Å². The summed E-state index contributed by atoms with van der Waals surface area (Å²) in [6.45, 7) is 0. The van der Waals surface area contributed by atoms with Gasteiger partial charge in [0.05, 0.1) is 5.56 Å². The Hall–Kier alpha value is -3.13. The normalized spacial score (nSPS) is 12.8.